The van der Waals surface area contributed by atoms with Crippen molar-refractivity contribution in [2.45, 2.75) is 39.8 Å². The standard InChI is InChI=1S/C27H27N5S/c1-17-13-18(2)15-21(14-17)32-26(25(30-27(32)33)23-9-5-7-11-28-23)22-16-19(3)31(20(22)4)24-10-6-8-12-29-24/h5-16,25-26H,1-4H3,(H,30,33). The lowest BCUT2D eigenvalue weighted by Crippen LogP contribution is -2.29. The van der Waals surface area contributed by atoms with Gasteiger partial charge in [-0.25, -0.2) is 4.98 Å². The highest BCUT2D eigenvalue weighted by molar-refractivity contribution is 7.80. The topological polar surface area (TPSA) is 46.0 Å². The summed E-state index contributed by atoms with van der Waals surface area (Å²) in [4.78, 5) is 11.5. The normalized spacial score (nSPS) is 17.9. The van der Waals surface area contributed by atoms with Gasteiger partial charge in [0.2, 0.25) is 0 Å². The number of rotatable bonds is 4. The molecule has 0 saturated carbocycles. The van der Waals surface area contributed by atoms with Crippen LogP contribution in [-0.2, 0) is 0 Å². The fourth-order valence-corrected chi connectivity index (χ4v) is 5.31. The summed E-state index contributed by atoms with van der Waals surface area (Å²) in [7, 11) is 0. The molecule has 5 rings (SSSR count). The second kappa shape index (κ2) is 8.45. The quantitative estimate of drug-likeness (QED) is 0.403. The lowest BCUT2D eigenvalue weighted by molar-refractivity contribution is 0.565. The van der Waals surface area contributed by atoms with Gasteiger partial charge in [-0.15, -0.1) is 0 Å². The number of pyridine rings is 2. The van der Waals surface area contributed by atoms with E-state index in [0.717, 1.165) is 28.6 Å². The van der Waals surface area contributed by atoms with Crippen molar-refractivity contribution in [3.05, 3.63) is 107 Å². The van der Waals surface area contributed by atoms with Crippen LogP contribution in [-0.4, -0.2) is 19.6 Å². The van der Waals surface area contributed by atoms with Gasteiger partial charge in [-0.3, -0.25) is 4.98 Å². The Morgan fingerprint density at radius 3 is 2.18 bits per heavy atom. The molecule has 1 saturated heterocycles. The van der Waals surface area contributed by atoms with Crippen LogP contribution in [0.3, 0.4) is 0 Å². The summed E-state index contributed by atoms with van der Waals surface area (Å²) in [6, 6.07) is 20.8. The van der Waals surface area contributed by atoms with E-state index < -0.39 is 0 Å². The highest BCUT2D eigenvalue weighted by atomic mass is 32.1. The van der Waals surface area contributed by atoms with Crippen LogP contribution in [0, 0.1) is 27.7 Å². The van der Waals surface area contributed by atoms with Crippen molar-refractivity contribution in [3.63, 3.8) is 0 Å². The summed E-state index contributed by atoms with van der Waals surface area (Å²) >= 11 is 5.91. The van der Waals surface area contributed by atoms with Crippen LogP contribution in [0.15, 0.2) is 73.1 Å². The van der Waals surface area contributed by atoms with Crippen LogP contribution >= 0.6 is 12.2 Å². The van der Waals surface area contributed by atoms with Gasteiger partial charge in [0.1, 0.15) is 5.82 Å². The van der Waals surface area contributed by atoms with E-state index in [9.17, 15) is 0 Å². The molecule has 2 unspecified atom stereocenters. The second-order valence-electron chi connectivity index (χ2n) is 8.69. The molecule has 166 valence electrons. The first kappa shape index (κ1) is 21.3. The average molecular weight is 454 g/mol. The Kier molecular flexibility index (Phi) is 5.46. The molecular weight excluding hydrogens is 426 g/mol. The van der Waals surface area contributed by atoms with Gasteiger partial charge in [-0.1, -0.05) is 18.2 Å². The van der Waals surface area contributed by atoms with Gasteiger partial charge in [0.25, 0.3) is 0 Å². The van der Waals surface area contributed by atoms with Crippen LogP contribution in [0.1, 0.15) is 45.9 Å². The summed E-state index contributed by atoms with van der Waals surface area (Å²) in [6.45, 7) is 8.54. The fraction of sp³-hybridized carbons (Fsp3) is 0.222. The van der Waals surface area contributed by atoms with Gasteiger partial charge in [0, 0.05) is 29.5 Å². The molecule has 1 N–H and O–H groups in total. The molecule has 2 atom stereocenters. The monoisotopic (exact) mass is 453 g/mol. The zero-order valence-electron chi connectivity index (χ0n) is 19.3. The Labute approximate surface area is 200 Å². The van der Waals surface area contributed by atoms with Crippen molar-refractivity contribution in [1.82, 2.24) is 19.9 Å². The first-order valence-electron chi connectivity index (χ1n) is 11.1. The predicted molar refractivity (Wildman–Crippen MR) is 137 cm³/mol. The molecule has 1 aliphatic rings. The van der Waals surface area contributed by atoms with Crippen molar-refractivity contribution in [3.8, 4) is 5.82 Å². The Balaban J connectivity index is 1.70. The maximum Gasteiger partial charge on any atom is 0.174 e. The Morgan fingerprint density at radius 1 is 0.848 bits per heavy atom. The van der Waals surface area contributed by atoms with E-state index in [1.54, 1.807) is 0 Å². The van der Waals surface area contributed by atoms with E-state index in [1.165, 1.54) is 16.7 Å². The Bertz CT molecular complexity index is 1290. The lowest BCUT2D eigenvalue weighted by atomic mass is 9.96. The van der Waals surface area contributed by atoms with Crippen LogP contribution in [0.4, 0.5) is 5.69 Å². The Hall–Kier alpha value is -3.51. The second-order valence-corrected chi connectivity index (χ2v) is 9.08. The first-order valence-corrected chi connectivity index (χ1v) is 11.5. The van der Waals surface area contributed by atoms with Gasteiger partial charge in [0.15, 0.2) is 5.11 Å². The van der Waals surface area contributed by atoms with Crippen LogP contribution in [0.5, 0.6) is 0 Å². The van der Waals surface area contributed by atoms with Crippen LogP contribution in [0.2, 0.25) is 0 Å². The molecule has 4 aromatic rings. The number of anilines is 1. The van der Waals surface area contributed by atoms with Crippen LogP contribution in [0.25, 0.3) is 5.82 Å². The molecule has 0 radical (unpaired) electrons. The first-order chi connectivity index (χ1) is 15.9. The third-order valence-electron chi connectivity index (χ3n) is 6.25. The number of hydrogen-bond donors (Lipinski definition) is 1. The fourth-order valence-electron chi connectivity index (χ4n) is 4.96. The summed E-state index contributed by atoms with van der Waals surface area (Å²) in [5, 5.41) is 4.28. The summed E-state index contributed by atoms with van der Waals surface area (Å²) < 4.78 is 2.21. The minimum Gasteiger partial charge on any atom is -0.351 e. The number of thiocarbonyl (C=S) groups is 1. The summed E-state index contributed by atoms with van der Waals surface area (Å²) in [5.41, 5.74) is 7.99. The molecule has 0 amide bonds. The van der Waals surface area contributed by atoms with Crippen molar-refractivity contribution in [2.24, 2.45) is 0 Å². The maximum atomic E-state index is 5.91. The molecule has 5 nitrogen and oxygen atoms in total. The highest BCUT2D eigenvalue weighted by Gasteiger charge is 2.42. The molecule has 0 aliphatic carbocycles. The molecule has 1 fully saturated rings. The SMILES string of the molecule is Cc1cc(C)cc(N2C(=S)NC(c3ccccn3)C2c2cc(C)n(-c3ccccn3)c2C)c1. The predicted octanol–water partition coefficient (Wildman–Crippen LogP) is 5.68. The van der Waals surface area contributed by atoms with Crippen molar-refractivity contribution < 1.29 is 0 Å². The van der Waals surface area contributed by atoms with Gasteiger partial charge in [-0.05, 0) is 99.1 Å². The molecule has 33 heavy (non-hydrogen) atoms. The molecule has 1 aromatic carbocycles. The molecule has 0 bridgehead atoms. The molecule has 6 heteroatoms. The smallest absolute Gasteiger partial charge is 0.174 e. The minimum absolute atomic E-state index is 0.0442. The number of aromatic nitrogens is 3. The highest BCUT2D eigenvalue weighted by Crippen LogP contribution is 2.44. The third-order valence-corrected chi connectivity index (χ3v) is 6.56. The van der Waals surface area contributed by atoms with Gasteiger partial charge in [0.05, 0.1) is 17.8 Å². The number of nitrogens with zero attached hydrogens (tertiary/aromatic N) is 4. The molecule has 0 spiro atoms. The molecular formula is C27H27N5S. The number of hydrogen-bond acceptors (Lipinski definition) is 3. The van der Waals surface area contributed by atoms with Gasteiger partial charge >= 0.3 is 0 Å². The van der Waals surface area contributed by atoms with E-state index in [-0.39, 0.29) is 12.1 Å². The van der Waals surface area contributed by atoms with E-state index in [4.69, 9.17) is 12.2 Å². The van der Waals surface area contributed by atoms with E-state index in [1.807, 2.05) is 42.7 Å². The number of aryl methyl sites for hydroxylation is 3. The van der Waals surface area contributed by atoms with Crippen molar-refractivity contribution in [1.29, 1.82) is 0 Å². The van der Waals surface area contributed by atoms with Gasteiger partial charge in [-0.2, -0.15) is 0 Å². The van der Waals surface area contributed by atoms with Crippen molar-refractivity contribution in [2.75, 3.05) is 4.90 Å². The number of benzene rings is 1. The number of nitrogens with one attached hydrogen (secondary N) is 1. The molecule has 3 aromatic heterocycles. The minimum atomic E-state index is -0.0720. The largest absolute Gasteiger partial charge is 0.351 e. The average Bonchev–Trinajstić information content (AvgIpc) is 3.29. The van der Waals surface area contributed by atoms with E-state index in [2.05, 4.69) is 82.8 Å². The molecule has 1 aliphatic heterocycles. The van der Waals surface area contributed by atoms with Crippen molar-refractivity contribution >= 4 is 23.0 Å². The zero-order chi connectivity index (χ0) is 23.1. The zero-order valence-corrected chi connectivity index (χ0v) is 20.1. The van der Waals surface area contributed by atoms with Crippen LogP contribution < -0.4 is 10.2 Å². The summed E-state index contributed by atoms with van der Waals surface area (Å²) in [6.07, 6.45) is 3.67. The Morgan fingerprint density at radius 2 is 1.55 bits per heavy atom. The molecule has 4 heterocycles. The maximum absolute atomic E-state index is 5.91. The van der Waals surface area contributed by atoms with E-state index >= 15 is 0 Å². The lowest BCUT2D eigenvalue weighted by Gasteiger charge is -2.28. The van der Waals surface area contributed by atoms with E-state index in [0.29, 0.717) is 5.11 Å². The third kappa shape index (κ3) is 3.80. The summed E-state index contributed by atoms with van der Waals surface area (Å²) in [5.74, 6) is 0.916. The van der Waals surface area contributed by atoms with Gasteiger partial charge < -0.3 is 14.8 Å².